The van der Waals surface area contributed by atoms with E-state index in [1.807, 2.05) is 46.0 Å². The molecule has 4 aromatic rings. The Morgan fingerprint density at radius 3 is 3.00 bits per heavy atom. The van der Waals surface area contributed by atoms with Crippen LogP contribution in [0.2, 0.25) is 0 Å². The highest BCUT2D eigenvalue weighted by atomic mass is 19.1. The summed E-state index contributed by atoms with van der Waals surface area (Å²) in [6, 6.07) is 14.6. The number of hydrogen-bond acceptors (Lipinski definition) is 2. The number of carbonyl (C=O) groups excluding carboxylic acids is 1. The molecule has 142 valence electrons. The average molecular weight is 376 g/mol. The van der Waals surface area contributed by atoms with E-state index in [1.54, 1.807) is 6.07 Å². The number of fused-ring (bicyclic) bond motifs is 2. The van der Waals surface area contributed by atoms with Crippen LogP contribution >= 0.6 is 0 Å². The van der Waals surface area contributed by atoms with Gasteiger partial charge in [0, 0.05) is 25.7 Å². The first-order valence-electron chi connectivity index (χ1n) is 9.67. The van der Waals surface area contributed by atoms with Gasteiger partial charge in [0.25, 0.3) is 0 Å². The number of carbonyl (C=O) groups is 1. The summed E-state index contributed by atoms with van der Waals surface area (Å²) >= 11 is 0. The Kier molecular flexibility index (Phi) is 4.11. The second-order valence-electron chi connectivity index (χ2n) is 7.35. The third kappa shape index (κ3) is 2.95. The van der Waals surface area contributed by atoms with Crippen molar-refractivity contribution in [3.63, 3.8) is 0 Å². The third-order valence-electron chi connectivity index (χ3n) is 5.60. The third-order valence-corrected chi connectivity index (χ3v) is 5.60. The fourth-order valence-electron chi connectivity index (χ4n) is 4.19. The van der Waals surface area contributed by atoms with E-state index in [9.17, 15) is 9.18 Å². The summed E-state index contributed by atoms with van der Waals surface area (Å²) in [6.07, 6.45) is 4.20. The predicted octanol–water partition coefficient (Wildman–Crippen LogP) is 4.41. The molecule has 1 saturated heterocycles. The van der Waals surface area contributed by atoms with E-state index in [0.717, 1.165) is 47.1 Å². The molecule has 0 bridgehead atoms. The number of aryl methyl sites for hydroxylation is 1. The van der Waals surface area contributed by atoms with E-state index < -0.39 is 0 Å². The van der Waals surface area contributed by atoms with Crippen molar-refractivity contribution in [1.29, 1.82) is 0 Å². The van der Waals surface area contributed by atoms with E-state index in [2.05, 4.69) is 4.98 Å². The van der Waals surface area contributed by atoms with Gasteiger partial charge in [0.2, 0.25) is 5.91 Å². The molecule has 1 N–H and O–H groups in total. The number of aromatic nitrogens is 3. The molecule has 6 heteroatoms. The van der Waals surface area contributed by atoms with Crippen LogP contribution in [0.1, 0.15) is 31.1 Å². The molecule has 5 nitrogen and oxygen atoms in total. The quantitative estimate of drug-likeness (QED) is 0.574. The molecular weight excluding hydrogens is 355 g/mol. The van der Waals surface area contributed by atoms with Crippen LogP contribution in [-0.4, -0.2) is 31.9 Å². The Labute approximate surface area is 161 Å². The molecule has 1 aliphatic rings. The van der Waals surface area contributed by atoms with E-state index in [1.165, 1.54) is 12.1 Å². The minimum absolute atomic E-state index is 0.00116. The summed E-state index contributed by atoms with van der Waals surface area (Å²) in [5, 5.41) is 0.982. The molecule has 0 saturated carbocycles. The molecule has 2 aromatic heterocycles. The maximum atomic E-state index is 13.6. The second kappa shape index (κ2) is 6.78. The largest absolute Gasteiger partial charge is 0.347 e. The van der Waals surface area contributed by atoms with Gasteiger partial charge in [-0.15, -0.1) is 0 Å². The lowest BCUT2D eigenvalue weighted by atomic mass is 10.2. The van der Waals surface area contributed by atoms with Gasteiger partial charge in [0.05, 0.1) is 22.6 Å². The van der Waals surface area contributed by atoms with Crippen molar-refractivity contribution in [3.05, 3.63) is 66.4 Å². The summed E-state index contributed by atoms with van der Waals surface area (Å²) in [5.74, 6) is 0.713. The fraction of sp³-hybridized carbons (Fsp3) is 0.273. The highest BCUT2D eigenvalue weighted by Crippen LogP contribution is 2.32. The number of nitrogens with one attached hydrogen (secondary N) is 1. The number of halogens is 1. The van der Waals surface area contributed by atoms with Crippen LogP contribution in [-0.2, 0) is 11.3 Å². The molecule has 2 aromatic carbocycles. The monoisotopic (exact) mass is 376 g/mol. The normalized spacial score (nSPS) is 17.0. The number of nitrogens with zero attached hydrogens (tertiary/aromatic N) is 3. The zero-order valence-electron chi connectivity index (χ0n) is 15.4. The Hall–Kier alpha value is -3.15. The number of benzene rings is 2. The standard InChI is InChI=1S/C22H21FN4O/c23-16-8-7-15-9-12-26(20(15)14-16)13-10-21(28)27-11-3-6-19(27)22-24-17-4-1-2-5-18(17)25-22/h1-2,4-5,7-9,12,14,19H,3,6,10-11,13H2,(H,24,25). The van der Waals surface area contributed by atoms with Crippen molar-refractivity contribution < 1.29 is 9.18 Å². The Morgan fingerprint density at radius 1 is 1.21 bits per heavy atom. The number of likely N-dealkylation sites (tertiary alicyclic amines) is 1. The minimum Gasteiger partial charge on any atom is -0.347 e. The van der Waals surface area contributed by atoms with Gasteiger partial charge in [0.1, 0.15) is 11.6 Å². The Balaban J connectivity index is 1.33. The molecule has 1 fully saturated rings. The summed E-state index contributed by atoms with van der Waals surface area (Å²) in [4.78, 5) is 22.9. The first-order valence-corrected chi connectivity index (χ1v) is 9.67. The lowest BCUT2D eigenvalue weighted by Crippen LogP contribution is -2.31. The van der Waals surface area contributed by atoms with Gasteiger partial charge in [-0.3, -0.25) is 4.79 Å². The second-order valence-corrected chi connectivity index (χ2v) is 7.35. The van der Waals surface area contributed by atoms with Crippen molar-refractivity contribution in [2.24, 2.45) is 0 Å². The zero-order chi connectivity index (χ0) is 19.1. The maximum Gasteiger partial charge on any atom is 0.224 e. The number of amides is 1. The van der Waals surface area contributed by atoms with Gasteiger partial charge in [-0.25, -0.2) is 9.37 Å². The van der Waals surface area contributed by atoms with Gasteiger partial charge in [-0.05, 0) is 54.6 Å². The zero-order valence-corrected chi connectivity index (χ0v) is 15.4. The summed E-state index contributed by atoms with van der Waals surface area (Å²) in [5.41, 5.74) is 2.75. The van der Waals surface area contributed by atoms with Crippen molar-refractivity contribution >= 4 is 27.8 Å². The van der Waals surface area contributed by atoms with E-state index in [4.69, 9.17) is 4.98 Å². The highest BCUT2D eigenvalue weighted by Gasteiger charge is 2.31. The Morgan fingerprint density at radius 2 is 2.11 bits per heavy atom. The van der Waals surface area contributed by atoms with Crippen molar-refractivity contribution in [1.82, 2.24) is 19.4 Å². The number of imidazole rings is 1. The number of aromatic amines is 1. The van der Waals surface area contributed by atoms with Crippen LogP contribution in [0.15, 0.2) is 54.7 Å². The number of para-hydroxylation sites is 2. The van der Waals surface area contributed by atoms with E-state index in [-0.39, 0.29) is 17.8 Å². The number of hydrogen-bond donors (Lipinski definition) is 1. The van der Waals surface area contributed by atoms with Crippen LogP contribution < -0.4 is 0 Å². The van der Waals surface area contributed by atoms with Gasteiger partial charge in [-0.1, -0.05) is 12.1 Å². The number of rotatable bonds is 4. The smallest absolute Gasteiger partial charge is 0.224 e. The van der Waals surface area contributed by atoms with E-state index in [0.29, 0.717) is 13.0 Å². The Bertz CT molecular complexity index is 1130. The predicted molar refractivity (Wildman–Crippen MR) is 106 cm³/mol. The molecule has 1 atom stereocenters. The molecule has 1 unspecified atom stereocenters. The highest BCUT2D eigenvalue weighted by molar-refractivity contribution is 5.81. The van der Waals surface area contributed by atoms with Crippen LogP contribution in [0.3, 0.4) is 0 Å². The topological polar surface area (TPSA) is 53.9 Å². The first-order chi connectivity index (χ1) is 13.7. The molecular formula is C22H21FN4O. The first kappa shape index (κ1) is 17.0. The fourth-order valence-corrected chi connectivity index (χ4v) is 4.19. The minimum atomic E-state index is -0.261. The summed E-state index contributed by atoms with van der Waals surface area (Å²) in [6.45, 7) is 1.29. The molecule has 28 heavy (non-hydrogen) atoms. The summed E-state index contributed by atoms with van der Waals surface area (Å²) in [7, 11) is 0. The molecule has 0 aliphatic carbocycles. The molecule has 0 radical (unpaired) electrons. The molecule has 3 heterocycles. The molecule has 1 aliphatic heterocycles. The van der Waals surface area contributed by atoms with E-state index >= 15 is 0 Å². The van der Waals surface area contributed by atoms with Crippen LogP contribution in [0.5, 0.6) is 0 Å². The van der Waals surface area contributed by atoms with Gasteiger partial charge in [-0.2, -0.15) is 0 Å². The molecule has 0 spiro atoms. The lowest BCUT2D eigenvalue weighted by Gasteiger charge is -2.23. The average Bonchev–Trinajstić information content (AvgIpc) is 3.43. The molecule has 1 amide bonds. The SMILES string of the molecule is O=C(CCn1ccc2ccc(F)cc21)N1CCCC1c1nc2ccccc2[nH]1. The van der Waals surface area contributed by atoms with Crippen molar-refractivity contribution in [2.45, 2.75) is 31.8 Å². The van der Waals surface area contributed by atoms with Crippen LogP contribution in [0.25, 0.3) is 21.9 Å². The summed E-state index contributed by atoms with van der Waals surface area (Å²) < 4.78 is 15.5. The van der Waals surface area contributed by atoms with Crippen molar-refractivity contribution in [3.8, 4) is 0 Å². The van der Waals surface area contributed by atoms with Crippen molar-refractivity contribution in [2.75, 3.05) is 6.54 Å². The lowest BCUT2D eigenvalue weighted by molar-refractivity contribution is -0.132. The molecule has 5 rings (SSSR count). The maximum absolute atomic E-state index is 13.6. The van der Waals surface area contributed by atoms with Crippen LogP contribution in [0.4, 0.5) is 4.39 Å². The van der Waals surface area contributed by atoms with Crippen LogP contribution in [0, 0.1) is 5.82 Å². The van der Waals surface area contributed by atoms with Gasteiger partial charge >= 0.3 is 0 Å². The van der Waals surface area contributed by atoms with Gasteiger partial charge in [0.15, 0.2) is 0 Å². The van der Waals surface area contributed by atoms with Gasteiger partial charge < -0.3 is 14.5 Å². The number of H-pyrrole nitrogens is 1.